The van der Waals surface area contributed by atoms with E-state index in [4.69, 9.17) is 14.5 Å². The Morgan fingerprint density at radius 2 is 1.84 bits per heavy atom. The van der Waals surface area contributed by atoms with E-state index in [2.05, 4.69) is 18.2 Å². The van der Waals surface area contributed by atoms with Crippen LogP contribution in [0.5, 0.6) is 5.75 Å². The molecule has 168 valence electrons. The number of para-hydroxylation sites is 1. The lowest BCUT2D eigenvalue weighted by molar-refractivity contribution is 0.00998. The molecule has 0 bridgehead atoms. The van der Waals surface area contributed by atoms with Gasteiger partial charge in [-0.1, -0.05) is 18.2 Å². The molecule has 2 aromatic carbocycles. The summed E-state index contributed by atoms with van der Waals surface area (Å²) < 4.78 is 11.0. The van der Waals surface area contributed by atoms with Gasteiger partial charge in [-0.15, -0.1) is 0 Å². The van der Waals surface area contributed by atoms with Crippen molar-refractivity contribution < 1.29 is 14.3 Å². The fraction of sp³-hybridized carbons (Fsp3) is 0.407. The molecule has 0 saturated carbocycles. The van der Waals surface area contributed by atoms with Crippen molar-refractivity contribution in [3.05, 3.63) is 60.2 Å². The SMILES string of the molecule is COc1ccc(-c2cc(CC3CCCCN3C(=O)OC(C)(C)C)c3ccccc3n2)cc1. The fourth-order valence-electron chi connectivity index (χ4n) is 4.35. The standard InChI is InChI=1S/C27H32N2O3/c1-27(2,3)32-26(30)29-16-8-7-9-21(29)17-20-18-25(19-12-14-22(31-4)15-13-19)28-24-11-6-5-10-23(20)24/h5-6,10-15,18,21H,7-9,16-17H2,1-4H3. The Labute approximate surface area is 190 Å². The molecule has 1 fully saturated rings. The molecule has 0 spiro atoms. The van der Waals surface area contributed by atoms with Gasteiger partial charge in [0.2, 0.25) is 0 Å². The number of piperidine rings is 1. The van der Waals surface area contributed by atoms with Gasteiger partial charge in [-0.05, 0) is 88.4 Å². The van der Waals surface area contributed by atoms with Crippen LogP contribution in [-0.2, 0) is 11.2 Å². The van der Waals surface area contributed by atoms with E-state index >= 15 is 0 Å². The summed E-state index contributed by atoms with van der Waals surface area (Å²) >= 11 is 0. The number of carbonyl (C=O) groups is 1. The Hall–Kier alpha value is -3.08. The van der Waals surface area contributed by atoms with Gasteiger partial charge in [-0.25, -0.2) is 9.78 Å². The second kappa shape index (κ2) is 9.19. The van der Waals surface area contributed by atoms with Crippen molar-refractivity contribution in [1.82, 2.24) is 9.88 Å². The van der Waals surface area contributed by atoms with Crippen LogP contribution in [0, 0.1) is 0 Å². The summed E-state index contributed by atoms with van der Waals surface area (Å²) in [5, 5.41) is 1.14. The first-order chi connectivity index (χ1) is 15.3. The van der Waals surface area contributed by atoms with E-state index in [1.807, 2.05) is 62.1 Å². The molecule has 0 aliphatic carbocycles. The second-order valence-electron chi connectivity index (χ2n) is 9.44. The number of pyridine rings is 1. The summed E-state index contributed by atoms with van der Waals surface area (Å²) in [7, 11) is 1.67. The molecule has 3 aromatic rings. The number of rotatable bonds is 4. The number of ether oxygens (including phenoxy) is 2. The minimum atomic E-state index is -0.496. The van der Waals surface area contributed by atoms with Gasteiger partial charge in [0.05, 0.1) is 18.3 Å². The number of benzene rings is 2. The normalized spacial score (nSPS) is 16.8. The van der Waals surface area contributed by atoms with Gasteiger partial charge >= 0.3 is 6.09 Å². The van der Waals surface area contributed by atoms with Gasteiger partial charge in [0.25, 0.3) is 0 Å². The third-order valence-electron chi connectivity index (χ3n) is 5.90. The number of hydrogen-bond donors (Lipinski definition) is 0. The van der Waals surface area contributed by atoms with E-state index in [0.29, 0.717) is 0 Å². The lowest BCUT2D eigenvalue weighted by atomic mass is 9.93. The molecule has 1 aromatic heterocycles. The van der Waals surface area contributed by atoms with Gasteiger partial charge < -0.3 is 14.4 Å². The van der Waals surface area contributed by atoms with Gasteiger partial charge in [0.15, 0.2) is 0 Å². The molecule has 1 saturated heterocycles. The Bertz CT molecular complexity index is 1090. The summed E-state index contributed by atoms with van der Waals surface area (Å²) in [5.74, 6) is 0.824. The fourth-order valence-corrected chi connectivity index (χ4v) is 4.35. The highest BCUT2D eigenvalue weighted by molar-refractivity contribution is 5.85. The van der Waals surface area contributed by atoms with E-state index < -0.39 is 5.60 Å². The third kappa shape index (κ3) is 5.04. The van der Waals surface area contributed by atoms with Crippen LogP contribution in [0.1, 0.15) is 45.6 Å². The molecular formula is C27H32N2O3. The van der Waals surface area contributed by atoms with Crippen LogP contribution < -0.4 is 4.74 Å². The van der Waals surface area contributed by atoms with Crippen LogP contribution in [0.3, 0.4) is 0 Å². The Balaban J connectivity index is 1.68. The van der Waals surface area contributed by atoms with Crippen LogP contribution >= 0.6 is 0 Å². The summed E-state index contributed by atoms with van der Waals surface area (Å²) in [6, 6.07) is 18.5. The Morgan fingerprint density at radius 3 is 2.56 bits per heavy atom. The van der Waals surface area contributed by atoms with E-state index in [-0.39, 0.29) is 12.1 Å². The van der Waals surface area contributed by atoms with E-state index in [9.17, 15) is 4.79 Å². The van der Waals surface area contributed by atoms with Gasteiger partial charge in [0, 0.05) is 23.5 Å². The number of carbonyl (C=O) groups excluding carboxylic acids is 1. The van der Waals surface area contributed by atoms with Gasteiger partial charge in [-0.3, -0.25) is 0 Å². The van der Waals surface area contributed by atoms with Crippen molar-refractivity contribution in [2.24, 2.45) is 0 Å². The summed E-state index contributed by atoms with van der Waals surface area (Å²) in [6.07, 6.45) is 3.69. The first-order valence-electron chi connectivity index (χ1n) is 11.4. The molecule has 1 aliphatic rings. The van der Waals surface area contributed by atoms with Crippen molar-refractivity contribution in [3.8, 4) is 17.0 Å². The third-order valence-corrected chi connectivity index (χ3v) is 5.90. The number of methoxy groups -OCH3 is 1. The maximum atomic E-state index is 12.9. The zero-order valence-electron chi connectivity index (χ0n) is 19.4. The Morgan fingerprint density at radius 1 is 1.09 bits per heavy atom. The molecule has 1 aliphatic heterocycles. The molecule has 0 radical (unpaired) electrons. The molecule has 32 heavy (non-hydrogen) atoms. The number of nitrogens with zero attached hydrogens (tertiary/aromatic N) is 2. The monoisotopic (exact) mass is 432 g/mol. The van der Waals surface area contributed by atoms with Crippen molar-refractivity contribution in [2.45, 2.75) is 58.1 Å². The van der Waals surface area contributed by atoms with Crippen LogP contribution in [0.4, 0.5) is 4.79 Å². The molecule has 1 atom stereocenters. The van der Waals surface area contributed by atoms with Crippen molar-refractivity contribution in [2.75, 3.05) is 13.7 Å². The van der Waals surface area contributed by atoms with Crippen LogP contribution in [0.15, 0.2) is 54.6 Å². The van der Waals surface area contributed by atoms with Crippen LogP contribution in [-0.4, -0.2) is 41.3 Å². The summed E-state index contributed by atoms with van der Waals surface area (Å²) in [4.78, 5) is 19.7. The number of hydrogen-bond acceptors (Lipinski definition) is 4. The molecule has 2 heterocycles. The highest BCUT2D eigenvalue weighted by Gasteiger charge is 2.31. The second-order valence-corrected chi connectivity index (χ2v) is 9.44. The average molecular weight is 433 g/mol. The highest BCUT2D eigenvalue weighted by Crippen LogP contribution is 2.30. The Kier molecular flexibility index (Phi) is 6.35. The number of aromatic nitrogens is 1. The van der Waals surface area contributed by atoms with Crippen molar-refractivity contribution >= 4 is 17.0 Å². The van der Waals surface area contributed by atoms with Crippen LogP contribution in [0.2, 0.25) is 0 Å². The number of amides is 1. The zero-order chi connectivity index (χ0) is 22.7. The maximum absolute atomic E-state index is 12.9. The number of likely N-dealkylation sites (tertiary alicyclic amines) is 1. The lowest BCUT2D eigenvalue weighted by Gasteiger charge is -2.37. The first-order valence-corrected chi connectivity index (χ1v) is 11.4. The van der Waals surface area contributed by atoms with E-state index in [0.717, 1.165) is 60.1 Å². The van der Waals surface area contributed by atoms with Crippen LogP contribution in [0.25, 0.3) is 22.2 Å². The zero-order valence-corrected chi connectivity index (χ0v) is 19.4. The average Bonchev–Trinajstić information content (AvgIpc) is 2.78. The molecule has 1 unspecified atom stereocenters. The molecular weight excluding hydrogens is 400 g/mol. The molecule has 4 rings (SSSR count). The van der Waals surface area contributed by atoms with Crippen molar-refractivity contribution in [3.63, 3.8) is 0 Å². The van der Waals surface area contributed by atoms with E-state index in [1.165, 1.54) is 5.56 Å². The molecule has 5 heteroatoms. The molecule has 1 amide bonds. The first kappa shape index (κ1) is 22.1. The quantitative estimate of drug-likeness (QED) is 0.489. The maximum Gasteiger partial charge on any atom is 0.410 e. The van der Waals surface area contributed by atoms with Crippen molar-refractivity contribution in [1.29, 1.82) is 0 Å². The summed E-state index contributed by atoms with van der Waals surface area (Å²) in [6.45, 7) is 6.50. The topological polar surface area (TPSA) is 51.7 Å². The predicted octanol–water partition coefficient (Wildman–Crippen LogP) is 6.24. The number of fused-ring (bicyclic) bond motifs is 1. The highest BCUT2D eigenvalue weighted by atomic mass is 16.6. The molecule has 5 nitrogen and oxygen atoms in total. The van der Waals surface area contributed by atoms with Gasteiger partial charge in [0.1, 0.15) is 11.4 Å². The minimum Gasteiger partial charge on any atom is -0.497 e. The molecule has 0 N–H and O–H groups in total. The van der Waals surface area contributed by atoms with E-state index in [1.54, 1.807) is 7.11 Å². The van der Waals surface area contributed by atoms with Gasteiger partial charge in [-0.2, -0.15) is 0 Å². The smallest absolute Gasteiger partial charge is 0.410 e. The minimum absolute atomic E-state index is 0.119. The predicted molar refractivity (Wildman–Crippen MR) is 128 cm³/mol. The summed E-state index contributed by atoms with van der Waals surface area (Å²) in [5.41, 5.74) is 3.66. The lowest BCUT2D eigenvalue weighted by Crippen LogP contribution is -2.47. The largest absolute Gasteiger partial charge is 0.497 e.